The molecule has 1 aliphatic carbocycles. The van der Waals surface area contributed by atoms with Crippen LogP contribution in [-0.2, 0) is 6.42 Å². The normalized spacial score (nSPS) is 19.1. The summed E-state index contributed by atoms with van der Waals surface area (Å²) in [5, 5.41) is 3.71. The molecule has 1 atom stereocenters. The minimum Gasteiger partial charge on any atom is -0.316 e. The maximum absolute atomic E-state index is 3.71. The van der Waals surface area contributed by atoms with E-state index in [4.69, 9.17) is 0 Å². The van der Waals surface area contributed by atoms with Crippen LogP contribution in [0.1, 0.15) is 43.7 Å². The van der Waals surface area contributed by atoms with Gasteiger partial charge in [-0.3, -0.25) is 0 Å². The molecule has 0 amide bonds. The predicted octanol–water partition coefficient (Wildman–Crippen LogP) is 3.28. The van der Waals surface area contributed by atoms with Crippen molar-refractivity contribution in [2.75, 3.05) is 33.7 Å². The van der Waals surface area contributed by atoms with Crippen LogP contribution in [0.2, 0.25) is 0 Å². The first-order valence-corrected chi connectivity index (χ1v) is 7.91. The Morgan fingerprint density at radius 1 is 1.25 bits per heavy atom. The number of hydrogen-bond acceptors (Lipinski definition) is 2. The van der Waals surface area contributed by atoms with Crippen molar-refractivity contribution in [1.82, 2.24) is 10.2 Å². The lowest BCUT2D eigenvalue weighted by atomic mass is 9.82. The van der Waals surface area contributed by atoms with Gasteiger partial charge in [0.2, 0.25) is 0 Å². The summed E-state index contributed by atoms with van der Waals surface area (Å²) in [7, 11) is 4.30. The molecular weight excluding hydrogens is 244 g/mol. The average Bonchev–Trinajstić information content (AvgIpc) is 2.37. The Bertz CT molecular complexity index is 423. The third-order valence-electron chi connectivity index (χ3n) is 4.23. The summed E-state index contributed by atoms with van der Waals surface area (Å²) in [6, 6.07) is 8.99. The van der Waals surface area contributed by atoms with E-state index >= 15 is 0 Å². The van der Waals surface area contributed by atoms with Crippen LogP contribution in [0.4, 0.5) is 0 Å². The number of nitrogens with zero attached hydrogens (tertiary/aromatic N) is 1. The molecule has 0 heterocycles. The van der Waals surface area contributed by atoms with E-state index in [2.05, 4.69) is 62.4 Å². The van der Waals surface area contributed by atoms with Gasteiger partial charge in [-0.2, -0.15) is 0 Å². The summed E-state index contributed by atoms with van der Waals surface area (Å²) in [6.45, 7) is 8.02. The van der Waals surface area contributed by atoms with Gasteiger partial charge in [-0.1, -0.05) is 38.1 Å². The van der Waals surface area contributed by atoms with Gasteiger partial charge < -0.3 is 10.2 Å². The zero-order valence-electron chi connectivity index (χ0n) is 13.6. The summed E-state index contributed by atoms with van der Waals surface area (Å²) < 4.78 is 0. The molecule has 0 saturated carbocycles. The van der Waals surface area contributed by atoms with E-state index in [1.54, 1.807) is 11.1 Å². The van der Waals surface area contributed by atoms with Gasteiger partial charge in [0, 0.05) is 19.6 Å². The number of nitrogens with one attached hydrogen (secondary N) is 1. The van der Waals surface area contributed by atoms with E-state index in [-0.39, 0.29) is 0 Å². The van der Waals surface area contributed by atoms with Crippen molar-refractivity contribution in [1.29, 1.82) is 0 Å². The van der Waals surface area contributed by atoms with Crippen molar-refractivity contribution in [2.24, 2.45) is 5.41 Å². The number of benzene rings is 1. The van der Waals surface area contributed by atoms with Gasteiger partial charge >= 0.3 is 0 Å². The first kappa shape index (κ1) is 15.5. The van der Waals surface area contributed by atoms with Gasteiger partial charge in [-0.05, 0) is 55.8 Å². The fourth-order valence-corrected chi connectivity index (χ4v) is 3.56. The van der Waals surface area contributed by atoms with Crippen LogP contribution in [0.25, 0.3) is 0 Å². The Hall–Kier alpha value is -0.860. The third-order valence-corrected chi connectivity index (χ3v) is 4.23. The van der Waals surface area contributed by atoms with Gasteiger partial charge in [0.05, 0.1) is 0 Å². The quantitative estimate of drug-likeness (QED) is 0.856. The molecule has 1 unspecified atom stereocenters. The number of aryl methyl sites for hydroxylation is 1. The van der Waals surface area contributed by atoms with Crippen molar-refractivity contribution in [3.63, 3.8) is 0 Å². The van der Waals surface area contributed by atoms with E-state index in [0.29, 0.717) is 11.3 Å². The molecule has 2 nitrogen and oxygen atoms in total. The lowest BCUT2D eigenvalue weighted by Crippen LogP contribution is -2.39. The molecule has 0 bridgehead atoms. The molecule has 0 fully saturated rings. The highest BCUT2D eigenvalue weighted by molar-refractivity contribution is 5.32. The van der Waals surface area contributed by atoms with E-state index in [0.717, 1.165) is 19.6 Å². The van der Waals surface area contributed by atoms with Crippen molar-refractivity contribution in [3.8, 4) is 0 Å². The van der Waals surface area contributed by atoms with Crippen LogP contribution in [0.5, 0.6) is 0 Å². The smallest absolute Gasteiger partial charge is 0.00387 e. The molecule has 1 aromatic rings. The molecule has 0 spiro atoms. The Kier molecular flexibility index (Phi) is 5.22. The maximum Gasteiger partial charge on any atom is 0.00387 e. The molecule has 1 aliphatic rings. The summed E-state index contributed by atoms with van der Waals surface area (Å²) in [4.78, 5) is 2.28. The Morgan fingerprint density at radius 3 is 2.75 bits per heavy atom. The van der Waals surface area contributed by atoms with Gasteiger partial charge in [-0.15, -0.1) is 0 Å². The SMILES string of the molecule is CN(C)CC(C)(C)CNCC1CCCc2ccccc21. The number of rotatable bonds is 6. The zero-order chi connectivity index (χ0) is 14.6. The van der Waals surface area contributed by atoms with Gasteiger partial charge in [0.15, 0.2) is 0 Å². The molecule has 2 heteroatoms. The standard InChI is InChI=1S/C18H30N2/c1-18(2,14-20(3)4)13-19-12-16-10-7-9-15-8-5-6-11-17(15)16/h5-6,8,11,16,19H,7,9-10,12-14H2,1-4H3. The fraction of sp³-hybridized carbons (Fsp3) is 0.667. The Labute approximate surface area is 124 Å². The van der Waals surface area contributed by atoms with Gasteiger partial charge in [0.1, 0.15) is 0 Å². The number of fused-ring (bicyclic) bond motifs is 1. The molecule has 0 aromatic heterocycles. The van der Waals surface area contributed by atoms with Crippen LogP contribution >= 0.6 is 0 Å². The average molecular weight is 274 g/mol. The van der Waals surface area contributed by atoms with Crippen molar-refractivity contribution >= 4 is 0 Å². The molecule has 0 saturated heterocycles. The molecule has 20 heavy (non-hydrogen) atoms. The second kappa shape index (κ2) is 6.73. The largest absolute Gasteiger partial charge is 0.316 e. The van der Waals surface area contributed by atoms with Crippen molar-refractivity contribution < 1.29 is 0 Å². The summed E-state index contributed by atoms with van der Waals surface area (Å²) >= 11 is 0. The third kappa shape index (κ3) is 4.32. The van der Waals surface area contributed by atoms with E-state index < -0.39 is 0 Å². The molecule has 1 N–H and O–H groups in total. The Balaban J connectivity index is 1.86. The summed E-state index contributed by atoms with van der Waals surface area (Å²) in [5.41, 5.74) is 3.48. The number of hydrogen-bond donors (Lipinski definition) is 1. The second-order valence-electron chi connectivity index (χ2n) is 7.32. The first-order valence-electron chi connectivity index (χ1n) is 7.91. The topological polar surface area (TPSA) is 15.3 Å². The predicted molar refractivity (Wildman–Crippen MR) is 87.3 cm³/mol. The van der Waals surface area contributed by atoms with Crippen molar-refractivity contribution in [2.45, 2.75) is 39.0 Å². The molecule has 0 radical (unpaired) electrons. The lowest BCUT2D eigenvalue weighted by molar-refractivity contribution is 0.231. The fourth-order valence-electron chi connectivity index (χ4n) is 3.56. The van der Waals surface area contributed by atoms with Crippen LogP contribution in [0.3, 0.4) is 0 Å². The highest BCUT2D eigenvalue weighted by atomic mass is 15.1. The second-order valence-corrected chi connectivity index (χ2v) is 7.32. The van der Waals surface area contributed by atoms with Gasteiger partial charge in [0.25, 0.3) is 0 Å². The summed E-state index contributed by atoms with van der Waals surface area (Å²) in [6.07, 6.45) is 3.93. The zero-order valence-corrected chi connectivity index (χ0v) is 13.6. The minimum atomic E-state index is 0.331. The van der Waals surface area contributed by atoms with Crippen LogP contribution < -0.4 is 5.32 Å². The van der Waals surface area contributed by atoms with Crippen molar-refractivity contribution in [3.05, 3.63) is 35.4 Å². The van der Waals surface area contributed by atoms with Crippen LogP contribution in [0, 0.1) is 5.41 Å². The highest BCUT2D eigenvalue weighted by Crippen LogP contribution is 2.31. The van der Waals surface area contributed by atoms with E-state index in [1.165, 1.54) is 19.3 Å². The van der Waals surface area contributed by atoms with Crippen LogP contribution in [0.15, 0.2) is 24.3 Å². The van der Waals surface area contributed by atoms with E-state index in [1.807, 2.05) is 0 Å². The van der Waals surface area contributed by atoms with Gasteiger partial charge in [-0.25, -0.2) is 0 Å². The molecule has 1 aromatic carbocycles. The van der Waals surface area contributed by atoms with Crippen LogP contribution in [-0.4, -0.2) is 38.6 Å². The van der Waals surface area contributed by atoms with E-state index in [9.17, 15) is 0 Å². The molecule has 112 valence electrons. The maximum atomic E-state index is 3.71. The first-order chi connectivity index (χ1) is 9.48. The molecular formula is C18H30N2. The molecule has 2 rings (SSSR count). The molecule has 0 aliphatic heterocycles. The summed E-state index contributed by atoms with van der Waals surface area (Å²) in [5.74, 6) is 0.704. The Morgan fingerprint density at radius 2 is 2.00 bits per heavy atom. The lowest BCUT2D eigenvalue weighted by Gasteiger charge is -2.31. The highest BCUT2D eigenvalue weighted by Gasteiger charge is 2.22. The minimum absolute atomic E-state index is 0.331. The monoisotopic (exact) mass is 274 g/mol.